The molecule has 0 radical (unpaired) electrons. The Morgan fingerprint density at radius 1 is 1.47 bits per heavy atom. The second kappa shape index (κ2) is 3.84. The number of rotatable bonds is 3. The fourth-order valence-electron chi connectivity index (χ4n) is 1.24. The zero-order valence-corrected chi connectivity index (χ0v) is 10.3. The second-order valence-corrected chi connectivity index (χ2v) is 6.58. The van der Waals surface area contributed by atoms with E-state index in [0.29, 0.717) is 5.82 Å². The smallest absolute Gasteiger partial charge is 0.234 e. The van der Waals surface area contributed by atoms with Crippen molar-refractivity contribution in [2.24, 2.45) is 5.41 Å². The van der Waals surface area contributed by atoms with Crippen LogP contribution in [-0.4, -0.2) is 24.4 Å². The van der Waals surface area contributed by atoms with E-state index < -0.39 is 10.0 Å². The number of aromatic nitrogens is 2. The van der Waals surface area contributed by atoms with Crippen molar-refractivity contribution in [1.82, 2.24) is 10.2 Å². The number of nitrogens with zero attached hydrogens (tertiary/aromatic N) is 1. The van der Waals surface area contributed by atoms with Crippen molar-refractivity contribution in [1.29, 1.82) is 0 Å². The van der Waals surface area contributed by atoms with Crippen molar-refractivity contribution in [2.45, 2.75) is 27.7 Å². The van der Waals surface area contributed by atoms with Crippen LogP contribution in [0.1, 0.15) is 26.5 Å². The van der Waals surface area contributed by atoms with Crippen LogP contribution in [0.3, 0.4) is 0 Å². The summed E-state index contributed by atoms with van der Waals surface area (Å²) in [6, 6.07) is 1.65. The lowest BCUT2D eigenvalue weighted by atomic mass is 10.0. The Morgan fingerprint density at radius 3 is 2.47 bits per heavy atom. The minimum Gasteiger partial charge on any atom is -0.281 e. The van der Waals surface area contributed by atoms with Crippen LogP contribution in [-0.2, 0) is 10.0 Å². The standard InChI is InChI=1S/C9H17N3O2S/c1-7-5-8(11-10-7)12-15(13,14)6-9(2,3)4/h5H,6H2,1-4H3,(H2,10,11,12). The van der Waals surface area contributed by atoms with E-state index in [1.165, 1.54) is 0 Å². The van der Waals surface area contributed by atoms with Crippen molar-refractivity contribution < 1.29 is 8.42 Å². The van der Waals surface area contributed by atoms with Crippen molar-refractivity contribution >= 4 is 15.8 Å². The average Bonchev–Trinajstić information content (AvgIpc) is 2.27. The summed E-state index contributed by atoms with van der Waals surface area (Å²) in [5, 5.41) is 6.49. The van der Waals surface area contributed by atoms with Gasteiger partial charge in [0.15, 0.2) is 5.82 Å². The zero-order chi connectivity index (χ0) is 11.7. The van der Waals surface area contributed by atoms with Crippen molar-refractivity contribution in [3.8, 4) is 0 Å². The molecule has 0 aliphatic carbocycles. The maximum absolute atomic E-state index is 11.7. The molecule has 0 unspecified atom stereocenters. The first-order valence-electron chi connectivity index (χ1n) is 4.70. The maximum atomic E-state index is 11.7. The minimum absolute atomic E-state index is 0.0753. The third-order valence-electron chi connectivity index (χ3n) is 1.59. The molecule has 0 aliphatic rings. The molecular weight excluding hydrogens is 214 g/mol. The lowest BCUT2D eigenvalue weighted by Crippen LogP contribution is -2.26. The molecule has 1 rings (SSSR count). The van der Waals surface area contributed by atoms with Gasteiger partial charge in [0.1, 0.15) is 0 Å². The van der Waals surface area contributed by atoms with Gasteiger partial charge in [-0.3, -0.25) is 9.82 Å². The molecule has 0 fully saturated rings. The number of nitrogens with one attached hydrogen (secondary N) is 2. The minimum atomic E-state index is -3.31. The molecule has 1 aromatic heterocycles. The van der Waals surface area contributed by atoms with Gasteiger partial charge in [-0.1, -0.05) is 20.8 Å². The highest BCUT2D eigenvalue weighted by molar-refractivity contribution is 7.92. The van der Waals surface area contributed by atoms with Gasteiger partial charge < -0.3 is 0 Å². The van der Waals surface area contributed by atoms with E-state index in [9.17, 15) is 8.42 Å². The Balaban J connectivity index is 2.73. The van der Waals surface area contributed by atoms with Crippen molar-refractivity contribution in [2.75, 3.05) is 10.5 Å². The van der Waals surface area contributed by atoms with Gasteiger partial charge >= 0.3 is 0 Å². The van der Waals surface area contributed by atoms with Gasteiger partial charge in [-0.25, -0.2) is 8.42 Å². The van der Waals surface area contributed by atoms with Crippen LogP contribution < -0.4 is 4.72 Å². The fraction of sp³-hybridized carbons (Fsp3) is 0.667. The largest absolute Gasteiger partial charge is 0.281 e. The number of hydrogen-bond acceptors (Lipinski definition) is 3. The van der Waals surface area contributed by atoms with Crippen LogP contribution in [0.25, 0.3) is 0 Å². The first-order valence-corrected chi connectivity index (χ1v) is 6.36. The van der Waals surface area contributed by atoms with Gasteiger partial charge in [0.05, 0.1) is 5.75 Å². The third-order valence-corrected chi connectivity index (χ3v) is 3.36. The van der Waals surface area contributed by atoms with E-state index in [0.717, 1.165) is 5.69 Å². The van der Waals surface area contributed by atoms with Crippen LogP contribution in [0.5, 0.6) is 0 Å². The number of aryl methyl sites for hydroxylation is 1. The molecule has 86 valence electrons. The topological polar surface area (TPSA) is 74.8 Å². The van der Waals surface area contributed by atoms with Crippen LogP contribution in [0, 0.1) is 12.3 Å². The number of H-pyrrole nitrogens is 1. The molecule has 0 bridgehead atoms. The molecule has 1 heterocycles. The van der Waals surface area contributed by atoms with Crippen molar-refractivity contribution in [3.63, 3.8) is 0 Å². The molecule has 15 heavy (non-hydrogen) atoms. The lowest BCUT2D eigenvalue weighted by Gasteiger charge is -2.17. The molecule has 0 aromatic carbocycles. The Hall–Kier alpha value is -1.04. The van der Waals surface area contributed by atoms with Crippen LogP contribution >= 0.6 is 0 Å². The Bertz CT molecular complexity index is 428. The van der Waals surface area contributed by atoms with Gasteiger partial charge in [0.25, 0.3) is 0 Å². The molecule has 6 heteroatoms. The average molecular weight is 231 g/mol. The van der Waals surface area contributed by atoms with E-state index in [-0.39, 0.29) is 11.2 Å². The Kier molecular flexibility index (Phi) is 3.08. The van der Waals surface area contributed by atoms with Crippen LogP contribution in [0.2, 0.25) is 0 Å². The molecule has 5 nitrogen and oxygen atoms in total. The summed E-state index contributed by atoms with van der Waals surface area (Å²) >= 11 is 0. The molecule has 0 amide bonds. The van der Waals surface area contributed by atoms with Gasteiger partial charge in [0, 0.05) is 11.8 Å². The van der Waals surface area contributed by atoms with Gasteiger partial charge in [-0.15, -0.1) is 0 Å². The third kappa shape index (κ3) is 4.33. The highest BCUT2D eigenvalue weighted by Crippen LogP contribution is 2.17. The number of hydrogen-bond donors (Lipinski definition) is 2. The summed E-state index contributed by atoms with van der Waals surface area (Å²) in [6.07, 6.45) is 0. The number of sulfonamides is 1. The summed E-state index contributed by atoms with van der Waals surface area (Å²) < 4.78 is 25.7. The summed E-state index contributed by atoms with van der Waals surface area (Å²) in [6.45, 7) is 7.45. The molecule has 0 atom stereocenters. The monoisotopic (exact) mass is 231 g/mol. The second-order valence-electron chi connectivity index (χ2n) is 4.86. The van der Waals surface area contributed by atoms with E-state index in [1.807, 2.05) is 27.7 Å². The fourth-order valence-corrected chi connectivity index (χ4v) is 2.87. The molecular formula is C9H17N3O2S. The van der Waals surface area contributed by atoms with Gasteiger partial charge in [0.2, 0.25) is 10.0 Å². The summed E-state index contributed by atoms with van der Waals surface area (Å²) in [5.74, 6) is 0.420. The molecule has 0 saturated heterocycles. The number of anilines is 1. The quantitative estimate of drug-likeness (QED) is 0.828. The summed E-state index contributed by atoms with van der Waals surface area (Å²) in [7, 11) is -3.31. The maximum Gasteiger partial charge on any atom is 0.234 e. The van der Waals surface area contributed by atoms with E-state index in [1.54, 1.807) is 6.07 Å². The molecule has 0 aliphatic heterocycles. The van der Waals surface area contributed by atoms with Crippen molar-refractivity contribution in [3.05, 3.63) is 11.8 Å². The highest BCUT2D eigenvalue weighted by Gasteiger charge is 2.22. The number of aromatic amines is 1. The Morgan fingerprint density at radius 2 is 2.07 bits per heavy atom. The molecule has 0 spiro atoms. The predicted molar refractivity (Wildman–Crippen MR) is 60.2 cm³/mol. The molecule has 1 aromatic rings. The highest BCUT2D eigenvalue weighted by atomic mass is 32.2. The molecule has 0 saturated carbocycles. The van der Waals surface area contributed by atoms with E-state index in [4.69, 9.17) is 0 Å². The molecule has 2 N–H and O–H groups in total. The normalized spacial score (nSPS) is 12.8. The predicted octanol–water partition coefficient (Wildman–Crippen LogP) is 1.51. The zero-order valence-electron chi connectivity index (χ0n) is 9.46. The lowest BCUT2D eigenvalue weighted by molar-refractivity contribution is 0.463. The first kappa shape index (κ1) is 12.0. The SMILES string of the molecule is Cc1cc(NS(=O)(=O)CC(C)(C)C)n[nH]1. The van der Waals surface area contributed by atoms with Crippen LogP contribution in [0.15, 0.2) is 6.07 Å². The summed E-state index contributed by atoms with van der Waals surface area (Å²) in [5.41, 5.74) is 0.556. The summed E-state index contributed by atoms with van der Waals surface area (Å²) in [4.78, 5) is 0. The van der Waals surface area contributed by atoms with Gasteiger partial charge in [-0.2, -0.15) is 5.10 Å². The van der Waals surface area contributed by atoms with Gasteiger partial charge in [-0.05, 0) is 12.3 Å². The van der Waals surface area contributed by atoms with E-state index in [2.05, 4.69) is 14.9 Å². The Labute approximate surface area is 90.3 Å². The first-order chi connectivity index (χ1) is 6.68. The van der Waals surface area contributed by atoms with Crippen LogP contribution in [0.4, 0.5) is 5.82 Å². The van der Waals surface area contributed by atoms with E-state index >= 15 is 0 Å².